The predicted molar refractivity (Wildman–Crippen MR) is 30.4 cm³/mol. The number of hydrogen-bond donors (Lipinski definition) is 2. The van der Waals surface area contributed by atoms with E-state index in [1.54, 1.807) is 0 Å². The van der Waals surface area contributed by atoms with Gasteiger partial charge in [0.25, 0.3) is 5.91 Å². The van der Waals surface area contributed by atoms with Gasteiger partial charge in [0.05, 0.1) is 6.61 Å². The lowest BCUT2D eigenvalue weighted by atomic mass is 10.3. The lowest BCUT2D eigenvalue weighted by molar-refractivity contribution is -0.160. The van der Waals surface area contributed by atoms with Crippen LogP contribution in [0.25, 0.3) is 0 Å². The Balaban J connectivity index is 2.56. The zero-order valence-corrected chi connectivity index (χ0v) is 5.16. The van der Waals surface area contributed by atoms with Crippen LogP contribution in [0.1, 0.15) is 0 Å². The third-order valence-electron chi connectivity index (χ3n) is 1.15. The van der Waals surface area contributed by atoms with Crippen LogP contribution in [-0.4, -0.2) is 36.2 Å². The molecular weight excluding hydrogens is 138 g/mol. The van der Waals surface area contributed by atoms with Crippen LogP contribution in [0.5, 0.6) is 0 Å². The summed E-state index contributed by atoms with van der Waals surface area (Å²) < 4.78 is 4.64. The number of carbonyl (C=O) groups excluding carboxylic acids is 1. The quantitative estimate of drug-likeness (QED) is 0.444. The maximum atomic E-state index is 10.6. The first kappa shape index (κ1) is 7.01. The first-order valence-corrected chi connectivity index (χ1v) is 2.84. The molecule has 1 rings (SSSR count). The van der Waals surface area contributed by atoms with E-state index >= 15 is 0 Å². The van der Waals surface area contributed by atoms with E-state index in [9.17, 15) is 9.59 Å². The summed E-state index contributed by atoms with van der Waals surface area (Å²) in [5.74, 6) is -1.81. The van der Waals surface area contributed by atoms with E-state index in [0.717, 1.165) is 0 Å². The molecule has 1 aliphatic rings. The van der Waals surface area contributed by atoms with E-state index < -0.39 is 18.0 Å². The van der Waals surface area contributed by atoms with Gasteiger partial charge in [0, 0.05) is 6.54 Å². The Morgan fingerprint density at radius 1 is 1.80 bits per heavy atom. The van der Waals surface area contributed by atoms with Gasteiger partial charge in [-0.3, -0.25) is 4.79 Å². The Hall–Kier alpha value is -1.10. The van der Waals surface area contributed by atoms with Gasteiger partial charge >= 0.3 is 5.97 Å². The third kappa shape index (κ3) is 1.24. The molecule has 0 bridgehead atoms. The minimum absolute atomic E-state index is 0.267. The average Bonchev–Trinajstić information content (AvgIpc) is 1.88. The molecule has 0 spiro atoms. The van der Waals surface area contributed by atoms with E-state index in [2.05, 4.69) is 10.1 Å². The summed E-state index contributed by atoms with van der Waals surface area (Å²) in [5.41, 5.74) is 0. The Bertz CT molecular complexity index is 167. The minimum Gasteiger partial charge on any atom is -0.479 e. The van der Waals surface area contributed by atoms with Crippen molar-refractivity contribution in [1.82, 2.24) is 5.32 Å². The first-order chi connectivity index (χ1) is 4.72. The van der Waals surface area contributed by atoms with Crippen LogP contribution in [0.15, 0.2) is 0 Å². The van der Waals surface area contributed by atoms with Crippen molar-refractivity contribution in [3.05, 3.63) is 0 Å². The number of amides is 1. The maximum Gasteiger partial charge on any atom is 0.342 e. The topological polar surface area (TPSA) is 75.6 Å². The molecule has 56 valence electrons. The van der Waals surface area contributed by atoms with E-state index in [1.807, 2.05) is 0 Å². The number of rotatable bonds is 1. The SMILES string of the molecule is O=C(O)C1OCCNC1=O. The monoisotopic (exact) mass is 145 g/mol. The van der Waals surface area contributed by atoms with Crippen molar-refractivity contribution >= 4 is 11.9 Å². The van der Waals surface area contributed by atoms with Crippen molar-refractivity contribution in [2.24, 2.45) is 0 Å². The Labute approximate surface area is 57.0 Å². The fourth-order valence-corrected chi connectivity index (χ4v) is 0.703. The zero-order chi connectivity index (χ0) is 7.56. The van der Waals surface area contributed by atoms with Gasteiger partial charge in [0.2, 0.25) is 6.10 Å². The van der Waals surface area contributed by atoms with E-state index in [4.69, 9.17) is 5.11 Å². The molecule has 1 heterocycles. The maximum absolute atomic E-state index is 10.6. The number of ether oxygens (including phenoxy) is 1. The van der Waals surface area contributed by atoms with Crippen LogP contribution in [-0.2, 0) is 14.3 Å². The number of hydrogen-bond acceptors (Lipinski definition) is 3. The highest BCUT2D eigenvalue weighted by Gasteiger charge is 2.29. The minimum atomic E-state index is -1.31. The number of aliphatic carboxylic acids is 1. The van der Waals surface area contributed by atoms with Gasteiger partial charge in [-0.15, -0.1) is 0 Å². The van der Waals surface area contributed by atoms with Crippen molar-refractivity contribution in [3.63, 3.8) is 0 Å². The molecule has 0 aromatic heterocycles. The lowest BCUT2D eigenvalue weighted by Crippen LogP contribution is -2.48. The van der Waals surface area contributed by atoms with Gasteiger partial charge < -0.3 is 15.2 Å². The van der Waals surface area contributed by atoms with E-state index in [-0.39, 0.29) is 6.61 Å². The highest BCUT2D eigenvalue weighted by atomic mass is 16.5. The summed E-state index contributed by atoms with van der Waals surface area (Å²) in [6.07, 6.45) is -1.31. The Kier molecular flexibility index (Phi) is 1.86. The number of carboxylic acids is 1. The van der Waals surface area contributed by atoms with Crippen molar-refractivity contribution in [2.75, 3.05) is 13.2 Å². The van der Waals surface area contributed by atoms with Crippen molar-refractivity contribution < 1.29 is 19.4 Å². The van der Waals surface area contributed by atoms with Crippen LogP contribution in [0.3, 0.4) is 0 Å². The van der Waals surface area contributed by atoms with Crippen LogP contribution in [0, 0.1) is 0 Å². The summed E-state index contributed by atoms with van der Waals surface area (Å²) in [4.78, 5) is 20.8. The second-order valence-electron chi connectivity index (χ2n) is 1.88. The lowest BCUT2D eigenvalue weighted by Gasteiger charge is -2.18. The molecule has 0 aromatic carbocycles. The predicted octanol–water partition coefficient (Wildman–Crippen LogP) is -1.41. The molecule has 1 fully saturated rings. The van der Waals surface area contributed by atoms with Crippen molar-refractivity contribution in [3.8, 4) is 0 Å². The molecule has 10 heavy (non-hydrogen) atoms. The molecule has 2 N–H and O–H groups in total. The van der Waals surface area contributed by atoms with Crippen LogP contribution < -0.4 is 5.32 Å². The Morgan fingerprint density at radius 3 is 2.90 bits per heavy atom. The molecule has 0 saturated carbocycles. The zero-order valence-electron chi connectivity index (χ0n) is 5.16. The second kappa shape index (κ2) is 2.66. The molecular formula is C5H7NO4. The molecule has 0 aliphatic carbocycles. The Morgan fingerprint density at radius 2 is 2.50 bits per heavy atom. The fourth-order valence-electron chi connectivity index (χ4n) is 0.703. The molecule has 1 saturated heterocycles. The van der Waals surface area contributed by atoms with Gasteiger partial charge in [0.1, 0.15) is 0 Å². The standard InChI is InChI=1S/C5H7NO4/c7-4-3(5(8)9)10-2-1-6-4/h3H,1-2H2,(H,6,7)(H,8,9). The van der Waals surface area contributed by atoms with Gasteiger partial charge in [-0.1, -0.05) is 0 Å². The number of morpholine rings is 1. The molecule has 1 unspecified atom stereocenters. The number of carboxylic acid groups (broad SMARTS) is 1. The van der Waals surface area contributed by atoms with Crippen LogP contribution >= 0.6 is 0 Å². The van der Waals surface area contributed by atoms with Gasteiger partial charge in [-0.05, 0) is 0 Å². The summed E-state index contributed by atoms with van der Waals surface area (Å²) in [6.45, 7) is 0.658. The molecule has 1 atom stereocenters. The van der Waals surface area contributed by atoms with E-state index in [0.29, 0.717) is 6.54 Å². The van der Waals surface area contributed by atoms with Gasteiger partial charge in [-0.25, -0.2) is 4.79 Å². The fraction of sp³-hybridized carbons (Fsp3) is 0.600. The van der Waals surface area contributed by atoms with E-state index in [1.165, 1.54) is 0 Å². The summed E-state index contributed by atoms with van der Waals surface area (Å²) in [6, 6.07) is 0. The van der Waals surface area contributed by atoms with Gasteiger partial charge in [-0.2, -0.15) is 0 Å². The smallest absolute Gasteiger partial charge is 0.342 e. The molecule has 1 aliphatic heterocycles. The molecule has 5 heteroatoms. The van der Waals surface area contributed by atoms with Crippen LogP contribution in [0.4, 0.5) is 0 Å². The average molecular weight is 145 g/mol. The number of nitrogens with one attached hydrogen (secondary N) is 1. The summed E-state index contributed by atoms with van der Waals surface area (Å²) >= 11 is 0. The second-order valence-corrected chi connectivity index (χ2v) is 1.88. The summed E-state index contributed by atoms with van der Waals surface area (Å²) in [7, 11) is 0. The largest absolute Gasteiger partial charge is 0.479 e. The number of carbonyl (C=O) groups is 2. The molecule has 0 aromatic rings. The molecule has 0 radical (unpaired) electrons. The highest BCUT2D eigenvalue weighted by Crippen LogP contribution is 1.96. The molecule has 5 nitrogen and oxygen atoms in total. The highest BCUT2D eigenvalue weighted by molar-refractivity contribution is 6.00. The summed E-state index contributed by atoms with van der Waals surface area (Å²) in [5, 5.41) is 10.7. The van der Waals surface area contributed by atoms with Crippen molar-refractivity contribution in [2.45, 2.75) is 6.10 Å². The molecule has 1 amide bonds. The van der Waals surface area contributed by atoms with Crippen molar-refractivity contribution in [1.29, 1.82) is 0 Å². The first-order valence-electron chi connectivity index (χ1n) is 2.84. The normalized spacial score (nSPS) is 25.6. The van der Waals surface area contributed by atoms with Gasteiger partial charge in [0.15, 0.2) is 0 Å². The van der Waals surface area contributed by atoms with Crippen LogP contribution in [0.2, 0.25) is 0 Å². The third-order valence-corrected chi connectivity index (χ3v) is 1.15.